The van der Waals surface area contributed by atoms with E-state index in [1.165, 1.54) is 0 Å². The van der Waals surface area contributed by atoms with Gasteiger partial charge in [-0.3, -0.25) is 4.79 Å². The van der Waals surface area contributed by atoms with E-state index in [-0.39, 0.29) is 18.6 Å². The van der Waals surface area contributed by atoms with Crippen molar-refractivity contribution in [1.82, 2.24) is 10.2 Å². The van der Waals surface area contributed by atoms with Gasteiger partial charge in [0, 0.05) is 26.1 Å². The molecule has 1 N–H and O–H groups in total. The van der Waals surface area contributed by atoms with Crippen LogP contribution in [0.15, 0.2) is 18.2 Å². The number of rotatable bonds is 5. The van der Waals surface area contributed by atoms with Gasteiger partial charge in [0.05, 0.1) is 12.0 Å². The van der Waals surface area contributed by atoms with E-state index in [9.17, 15) is 4.79 Å². The first-order valence-electron chi connectivity index (χ1n) is 8.02. The zero-order chi connectivity index (χ0) is 16.1. The molecular formula is C17H21N3O3. The number of likely N-dealkylation sites (tertiary alicyclic amines) is 1. The molecule has 122 valence electrons. The number of hydrogen-bond acceptors (Lipinski definition) is 5. The van der Waals surface area contributed by atoms with Gasteiger partial charge in [-0.1, -0.05) is 6.07 Å². The molecule has 2 aliphatic rings. The minimum atomic E-state index is 0.0106. The maximum absolute atomic E-state index is 12.4. The Labute approximate surface area is 136 Å². The lowest BCUT2D eigenvalue weighted by molar-refractivity contribution is -0.126. The van der Waals surface area contributed by atoms with Gasteiger partial charge in [0.2, 0.25) is 12.7 Å². The molecule has 3 rings (SSSR count). The summed E-state index contributed by atoms with van der Waals surface area (Å²) in [6.45, 7) is 3.22. The first-order chi connectivity index (χ1) is 11.3. The van der Waals surface area contributed by atoms with Gasteiger partial charge < -0.3 is 19.7 Å². The second-order valence-electron chi connectivity index (χ2n) is 5.95. The Hall–Kier alpha value is -2.26. The van der Waals surface area contributed by atoms with Gasteiger partial charge in [-0.15, -0.1) is 0 Å². The maximum atomic E-state index is 12.4. The summed E-state index contributed by atoms with van der Waals surface area (Å²) >= 11 is 0. The van der Waals surface area contributed by atoms with Gasteiger partial charge in [0.25, 0.3) is 0 Å². The highest BCUT2D eigenvalue weighted by atomic mass is 16.7. The van der Waals surface area contributed by atoms with Crippen LogP contribution in [0, 0.1) is 17.2 Å². The second kappa shape index (κ2) is 7.34. The molecule has 2 heterocycles. The van der Waals surface area contributed by atoms with Crippen molar-refractivity contribution in [3.8, 4) is 17.6 Å². The van der Waals surface area contributed by atoms with Crippen LogP contribution in [0.25, 0.3) is 0 Å². The van der Waals surface area contributed by atoms with E-state index < -0.39 is 0 Å². The first-order valence-corrected chi connectivity index (χ1v) is 8.02. The molecule has 1 amide bonds. The minimum Gasteiger partial charge on any atom is -0.454 e. The summed E-state index contributed by atoms with van der Waals surface area (Å²) < 4.78 is 10.6. The van der Waals surface area contributed by atoms with Crippen LogP contribution in [0.5, 0.6) is 11.5 Å². The lowest BCUT2D eigenvalue weighted by Gasteiger charge is -2.31. The van der Waals surface area contributed by atoms with Crippen LogP contribution in [0.2, 0.25) is 0 Å². The summed E-state index contributed by atoms with van der Waals surface area (Å²) in [6.07, 6.45) is 2.44. The molecule has 2 aliphatic heterocycles. The molecule has 1 aromatic rings. The number of nitriles is 1. The molecule has 1 fully saturated rings. The van der Waals surface area contributed by atoms with Crippen molar-refractivity contribution in [2.45, 2.75) is 25.8 Å². The van der Waals surface area contributed by atoms with Crippen LogP contribution in [0.1, 0.15) is 24.8 Å². The van der Waals surface area contributed by atoms with Crippen LogP contribution in [0.4, 0.5) is 0 Å². The summed E-state index contributed by atoms with van der Waals surface area (Å²) in [4.78, 5) is 14.6. The molecule has 0 bridgehead atoms. The number of fused-ring (bicyclic) bond motifs is 1. The van der Waals surface area contributed by atoms with Crippen molar-refractivity contribution in [1.29, 1.82) is 5.26 Å². The smallest absolute Gasteiger partial charge is 0.231 e. The lowest BCUT2D eigenvalue weighted by Crippen LogP contribution is -2.43. The number of carbonyl (C=O) groups excluding carboxylic acids is 1. The first kappa shape index (κ1) is 15.6. The Morgan fingerprint density at radius 3 is 3.13 bits per heavy atom. The second-order valence-corrected chi connectivity index (χ2v) is 5.95. The standard InChI is InChI=1S/C17H21N3O3/c18-6-2-8-20-7-1-3-14(11-20)17(21)19-10-13-4-5-15-16(9-13)23-12-22-15/h4-5,9,14H,1-3,7-8,10-12H2,(H,19,21). The molecule has 0 spiro atoms. The lowest BCUT2D eigenvalue weighted by atomic mass is 9.97. The molecule has 0 radical (unpaired) electrons. The van der Waals surface area contributed by atoms with Crippen molar-refractivity contribution in [2.75, 3.05) is 26.4 Å². The predicted octanol–water partition coefficient (Wildman–Crippen LogP) is 1.66. The fraction of sp³-hybridized carbons (Fsp3) is 0.529. The number of piperidine rings is 1. The normalized spacial score (nSPS) is 20.0. The van der Waals surface area contributed by atoms with E-state index in [0.29, 0.717) is 13.0 Å². The highest BCUT2D eigenvalue weighted by Crippen LogP contribution is 2.32. The number of hydrogen-bond donors (Lipinski definition) is 1. The average molecular weight is 315 g/mol. The summed E-state index contributed by atoms with van der Waals surface area (Å²) in [7, 11) is 0. The van der Waals surface area contributed by atoms with E-state index >= 15 is 0 Å². The van der Waals surface area contributed by atoms with Gasteiger partial charge in [-0.2, -0.15) is 5.26 Å². The summed E-state index contributed by atoms with van der Waals surface area (Å²) in [5.74, 6) is 1.58. The fourth-order valence-electron chi connectivity index (χ4n) is 3.07. The Morgan fingerprint density at radius 1 is 1.39 bits per heavy atom. The number of ether oxygens (including phenoxy) is 2. The number of nitrogens with zero attached hydrogens (tertiary/aromatic N) is 2. The van der Waals surface area contributed by atoms with Crippen molar-refractivity contribution >= 4 is 5.91 Å². The summed E-state index contributed by atoms with van der Waals surface area (Å²) in [5.41, 5.74) is 1.000. The van der Waals surface area contributed by atoms with Crippen LogP contribution in [-0.4, -0.2) is 37.2 Å². The molecule has 1 saturated heterocycles. The zero-order valence-electron chi connectivity index (χ0n) is 13.1. The zero-order valence-corrected chi connectivity index (χ0v) is 13.1. The molecule has 0 saturated carbocycles. The van der Waals surface area contributed by atoms with Crippen LogP contribution in [0.3, 0.4) is 0 Å². The Balaban J connectivity index is 1.50. The quantitative estimate of drug-likeness (QED) is 0.894. The van der Waals surface area contributed by atoms with Gasteiger partial charge in [0.15, 0.2) is 11.5 Å². The SMILES string of the molecule is N#CCCN1CCCC(C(=O)NCc2ccc3c(c2)OCO3)C1. The van der Waals surface area contributed by atoms with E-state index in [4.69, 9.17) is 14.7 Å². The highest BCUT2D eigenvalue weighted by Gasteiger charge is 2.25. The van der Waals surface area contributed by atoms with Crippen LogP contribution < -0.4 is 14.8 Å². The number of amides is 1. The largest absolute Gasteiger partial charge is 0.454 e. The van der Waals surface area contributed by atoms with Gasteiger partial charge >= 0.3 is 0 Å². The Bertz CT molecular complexity index is 612. The average Bonchev–Trinajstić information content (AvgIpc) is 3.05. The van der Waals surface area contributed by atoms with E-state index in [0.717, 1.165) is 49.5 Å². The highest BCUT2D eigenvalue weighted by molar-refractivity contribution is 5.79. The van der Waals surface area contributed by atoms with Crippen molar-refractivity contribution < 1.29 is 14.3 Å². The number of nitrogens with one attached hydrogen (secondary N) is 1. The third kappa shape index (κ3) is 3.93. The minimum absolute atomic E-state index is 0.0106. The van der Waals surface area contributed by atoms with Gasteiger partial charge in [-0.05, 0) is 37.1 Å². The van der Waals surface area contributed by atoms with Gasteiger partial charge in [0.1, 0.15) is 0 Å². The molecule has 1 unspecified atom stereocenters. The summed E-state index contributed by atoms with van der Waals surface area (Å²) in [5, 5.41) is 11.7. The van der Waals surface area contributed by atoms with E-state index in [2.05, 4.69) is 16.3 Å². The monoisotopic (exact) mass is 315 g/mol. The van der Waals surface area contributed by atoms with Crippen LogP contribution in [-0.2, 0) is 11.3 Å². The summed E-state index contributed by atoms with van der Waals surface area (Å²) in [6, 6.07) is 7.87. The van der Waals surface area contributed by atoms with Gasteiger partial charge in [-0.25, -0.2) is 0 Å². The van der Waals surface area contributed by atoms with Crippen LogP contribution >= 0.6 is 0 Å². The number of carbonyl (C=O) groups is 1. The molecular weight excluding hydrogens is 294 g/mol. The molecule has 23 heavy (non-hydrogen) atoms. The predicted molar refractivity (Wildman–Crippen MR) is 83.8 cm³/mol. The fourth-order valence-corrected chi connectivity index (χ4v) is 3.07. The number of benzene rings is 1. The molecule has 6 heteroatoms. The third-order valence-corrected chi connectivity index (χ3v) is 4.32. The third-order valence-electron chi connectivity index (χ3n) is 4.32. The van der Waals surface area contributed by atoms with Crippen molar-refractivity contribution in [3.05, 3.63) is 23.8 Å². The molecule has 6 nitrogen and oxygen atoms in total. The Kier molecular flexibility index (Phi) is 4.99. The van der Waals surface area contributed by atoms with Crippen molar-refractivity contribution in [2.24, 2.45) is 5.92 Å². The molecule has 0 aromatic heterocycles. The molecule has 0 aliphatic carbocycles. The molecule has 1 atom stereocenters. The van der Waals surface area contributed by atoms with Crippen molar-refractivity contribution in [3.63, 3.8) is 0 Å². The van der Waals surface area contributed by atoms with E-state index in [1.807, 2.05) is 18.2 Å². The molecule has 1 aromatic carbocycles. The maximum Gasteiger partial charge on any atom is 0.231 e. The van der Waals surface area contributed by atoms with E-state index in [1.54, 1.807) is 0 Å². The topological polar surface area (TPSA) is 74.6 Å². The Morgan fingerprint density at radius 2 is 2.26 bits per heavy atom.